The van der Waals surface area contributed by atoms with Crippen LogP contribution in [0.4, 0.5) is 0 Å². The number of rotatable bonds is 3. The van der Waals surface area contributed by atoms with Crippen molar-refractivity contribution in [3.63, 3.8) is 0 Å². The van der Waals surface area contributed by atoms with Gasteiger partial charge in [0.05, 0.1) is 0 Å². The molecule has 1 N–H and O–H groups in total. The maximum absolute atomic E-state index is 3.51. The zero-order valence-electron chi connectivity index (χ0n) is 12.4. The van der Waals surface area contributed by atoms with Crippen molar-refractivity contribution < 1.29 is 0 Å². The van der Waals surface area contributed by atoms with Crippen LogP contribution in [0.5, 0.6) is 0 Å². The average molecular weight is 295 g/mol. The molecular weight excluding hydrogens is 274 g/mol. The first-order valence-corrected chi connectivity index (χ1v) is 8.75. The number of nitrogens with one attached hydrogen (secondary N) is 1. The van der Waals surface area contributed by atoms with Gasteiger partial charge >= 0.3 is 0 Å². The molecule has 0 bridgehead atoms. The lowest BCUT2D eigenvalue weighted by Crippen LogP contribution is -2.57. The molecule has 1 fully saturated rings. The molecule has 1 saturated heterocycles. The predicted octanol–water partition coefficient (Wildman–Crippen LogP) is 4.12. The third-order valence-corrected chi connectivity index (χ3v) is 6.28. The maximum Gasteiger partial charge on any atom is 0.0208 e. The van der Waals surface area contributed by atoms with E-state index >= 15 is 0 Å². The maximum atomic E-state index is 3.51. The lowest BCUT2D eigenvalue weighted by molar-refractivity contribution is 0.245. The van der Waals surface area contributed by atoms with E-state index in [1.165, 1.54) is 28.2 Å². The van der Waals surface area contributed by atoms with Gasteiger partial charge in [0.1, 0.15) is 0 Å². The first kappa shape index (κ1) is 13.4. The molecule has 0 aromatic heterocycles. The van der Waals surface area contributed by atoms with Crippen LogP contribution in [0.2, 0.25) is 0 Å². The fourth-order valence-corrected chi connectivity index (χ4v) is 4.92. The molecule has 2 aromatic carbocycles. The Labute approximate surface area is 131 Å². The number of hydrogen-bond acceptors (Lipinski definition) is 2. The Kier molecular flexibility index (Phi) is 3.31. The highest BCUT2D eigenvalue weighted by molar-refractivity contribution is 7.99. The van der Waals surface area contributed by atoms with Crippen molar-refractivity contribution in [3.8, 4) is 0 Å². The van der Waals surface area contributed by atoms with Crippen LogP contribution in [0, 0.1) is 6.92 Å². The lowest BCUT2D eigenvalue weighted by atomic mass is 9.68. The summed E-state index contributed by atoms with van der Waals surface area (Å²) in [6.45, 7) is 4.41. The topological polar surface area (TPSA) is 12.0 Å². The standard InChI is InChI=1S/C19H21NS/c1-14-6-8-16(9-7-14)19(12-20-13-19)10-15-11-21-18-5-3-2-4-17(15)18/h2-9,15,20H,10-13H2,1H3. The Morgan fingerprint density at radius 3 is 2.57 bits per heavy atom. The minimum absolute atomic E-state index is 0.344. The third-order valence-electron chi connectivity index (χ3n) is 5.03. The van der Waals surface area contributed by atoms with Gasteiger partial charge in [0.25, 0.3) is 0 Å². The Bertz CT molecular complexity index is 643. The molecule has 0 radical (unpaired) electrons. The third kappa shape index (κ3) is 2.31. The molecule has 4 rings (SSSR count). The Hall–Kier alpha value is -1.25. The van der Waals surface area contributed by atoms with Crippen molar-refractivity contribution in [2.45, 2.75) is 29.6 Å². The minimum atomic E-state index is 0.344. The van der Waals surface area contributed by atoms with Gasteiger partial charge in [-0.3, -0.25) is 0 Å². The van der Waals surface area contributed by atoms with Gasteiger partial charge in [0.2, 0.25) is 0 Å². The largest absolute Gasteiger partial charge is 0.315 e. The average Bonchev–Trinajstić information content (AvgIpc) is 2.87. The summed E-state index contributed by atoms with van der Waals surface area (Å²) in [5.41, 5.74) is 4.78. The van der Waals surface area contributed by atoms with Gasteiger partial charge in [0.15, 0.2) is 0 Å². The van der Waals surface area contributed by atoms with E-state index in [-0.39, 0.29) is 0 Å². The summed E-state index contributed by atoms with van der Waals surface area (Å²) in [4.78, 5) is 1.49. The van der Waals surface area contributed by atoms with Gasteiger partial charge in [-0.1, -0.05) is 48.0 Å². The fraction of sp³-hybridized carbons (Fsp3) is 0.368. The van der Waals surface area contributed by atoms with Crippen molar-refractivity contribution in [3.05, 3.63) is 65.2 Å². The molecular formula is C19H21NS. The normalized spacial score (nSPS) is 22.6. The molecule has 1 nitrogen and oxygen atoms in total. The van der Waals surface area contributed by atoms with Crippen LogP contribution in [0.3, 0.4) is 0 Å². The fourth-order valence-electron chi connectivity index (χ4n) is 3.67. The smallest absolute Gasteiger partial charge is 0.0208 e. The minimum Gasteiger partial charge on any atom is -0.315 e. The van der Waals surface area contributed by atoms with Gasteiger partial charge in [-0.2, -0.15) is 0 Å². The number of benzene rings is 2. The second kappa shape index (κ2) is 5.19. The van der Waals surface area contributed by atoms with Crippen LogP contribution in [0.25, 0.3) is 0 Å². The van der Waals surface area contributed by atoms with Crippen molar-refractivity contribution in [2.75, 3.05) is 18.8 Å². The van der Waals surface area contributed by atoms with Crippen LogP contribution >= 0.6 is 11.8 Å². The van der Waals surface area contributed by atoms with Gasteiger partial charge in [-0.25, -0.2) is 0 Å². The van der Waals surface area contributed by atoms with Gasteiger partial charge in [-0.15, -0.1) is 11.8 Å². The predicted molar refractivity (Wildman–Crippen MR) is 90.3 cm³/mol. The molecule has 2 aliphatic heterocycles. The van der Waals surface area contributed by atoms with E-state index in [0.29, 0.717) is 11.3 Å². The van der Waals surface area contributed by atoms with Crippen molar-refractivity contribution in [1.82, 2.24) is 5.32 Å². The summed E-state index contributed by atoms with van der Waals surface area (Å²) < 4.78 is 0. The molecule has 2 heteroatoms. The molecule has 0 spiro atoms. The summed E-state index contributed by atoms with van der Waals surface area (Å²) in [5.74, 6) is 1.95. The first-order chi connectivity index (χ1) is 10.3. The molecule has 0 aliphatic carbocycles. The molecule has 2 aromatic rings. The number of thioether (sulfide) groups is 1. The quantitative estimate of drug-likeness (QED) is 0.914. The molecule has 0 saturated carbocycles. The number of hydrogen-bond donors (Lipinski definition) is 1. The molecule has 0 amide bonds. The van der Waals surface area contributed by atoms with E-state index in [4.69, 9.17) is 0 Å². The van der Waals surface area contributed by atoms with Crippen LogP contribution in [-0.2, 0) is 5.41 Å². The zero-order valence-corrected chi connectivity index (χ0v) is 13.2. The van der Waals surface area contributed by atoms with E-state index in [2.05, 4.69) is 60.8 Å². The summed E-state index contributed by atoms with van der Waals surface area (Å²) in [5, 5.41) is 3.51. The van der Waals surface area contributed by atoms with E-state index in [1.54, 1.807) is 5.56 Å². The van der Waals surface area contributed by atoms with E-state index < -0.39 is 0 Å². The molecule has 1 unspecified atom stereocenters. The van der Waals surface area contributed by atoms with Gasteiger partial charge in [0, 0.05) is 29.2 Å². The van der Waals surface area contributed by atoms with Crippen molar-refractivity contribution in [2.24, 2.45) is 0 Å². The number of fused-ring (bicyclic) bond motifs is 1. The second-order valence-corrected chi connectivity index (χ2v) is 7.56. The van der Waals surface area contributed by atoms with Gasteiger partial charge in [-0.05, 0) is 36.5 Å². The summed E-state index contributed by atoms with van der Waals surface area (Å²) in [7, 11) is 0. The highest BCUT2D eigenvalue weighted by atomic mass is 32.2. The molecule has 108 valence electrons. The molecule has 2 heterocycles. The Balaban J connectivity index is 1.62. The highest BCUT2D eigenvalue weighted by Crippen LogP contribution is 2.46. The van der Waals surface area contributed by atoms with E-state index in [0.717, 1.165) is 13.1 Å². The van der Waals surface area contributed by atoms with Gasteiger partial charge < -0.3 is 5.32 Å². The molecule has 2 aliphatic rings. The van der Waals surface area contributed by atoms with Crippen molar-refractivity contribution in [1.29, 1.82) is 0 Å². The Morgan fingerprint density at radius 1 is 1.10 bits per heavy atom. The first-order valence-electron chi connectivity index (χ1n) is 7.76. The lowest BCUT2D eigenvalue weighted by Gasteiger charge is -2.45. The van der Waals surface area contributed by atoms with Crippen molar-refractivity contribution >= 4 is 11.8 Å². The summed E-state index contributed by atoms with van der Waals surface area (Å²) >= 11 is 2.03. The SMILES string of the molecule is Cc1ccc(C2(CC3CSc4ccccc43)CNC2)cc1. The monoisotopic (exact) mass is 295 g/mol. The van der Waals surface area contributed by atoms with E-state index in [1.807, 2.05) is 11.8 Å². The van der Waals surface area contributed by atoms with Crippen LogP contribution in [0.1, 0.15) is 29.0 Å². The molecule has 1 atom stereocenters. The summed E-state index contributed by atoms with van der Waals surface area (Å²) in [6.07, 6.45) is 1.27. The Morgan fingerprint density at radius 2 is 1.86 bits per heavy atom. The van der Waals surface area contributed by atoms with E-state index in [9.17, 15) is 0 Å². The van der Waals surface area contributed by atoms with Crippen LogP contribution in [0.15, 0.2) is 53.4 Å². The van der Waals surface area contributed by atoms with Crippen LogP contribution in [-0.4, -0.2) is 18.8 Å². The molecule has 21 heavy (non-hydrogen) atoms. The second-order valence-electron chi connectivity index (χ2n) is 6.50. The zero-order chi connectivity index (χ0) is 14.3. The summed E-state index contributed by atoms with van der Waals surface area (Å²) in [6, 6.07) is 18.1. The number of aryl methyl sites for hydroxylation is 1. The highest BCUT2D eigenvalue weighted by Gasteiger charge is 2.42. The van der Waals surface area contributed by atoms with Crippen LogP contribution < -0.4 is 5.32 Å².